The van der Waals surface area contributed by atoms with E-state index >= 15 is 0 Å². The lowest BCUT2D eigenvalue weighted by atomic mass is 10.1. The zero-order chi connectivity index (χ0) is 13.3. The first-order valence-electron chi connectivity index (χ1n) is 6.29. The Morgan fingerprint density at radius 3 is 2.63 bits per heavy atom. The summed E-state index contributed by atoms with van der Waals surface area (Å²) in [6, 6.07) is -0.267. The molecule has 0 aromatic carbocycles. The fourth-order valence-corrected chi connectivity index (χ4v) is 4.13. The largest absolute Gasteiger partial charge is 0.364 e. The summed E-state index contributed by atoms with van der Waals surface area (Å²) in [4.78, 5) is 13.9. The lowest BCUT2D eigenvalue weighted by Gasteiger charge is -2.34. The molecule has 0 bridgehead atoms. The van der Waals surface area contributed by atoms with E-state index in [1.54, 1.807) is 11.8 Å². The van der Waals surface area contributed by atoms with Gasteiger partial charge in [0.15, 0.2) is 9.84 Å². The Balaban J connectivity index is 0.00000180. The molecule has 0 saturated carbocycles. The minimum Gasteiger partial charge on any atom is -0.364 e. The second-order valence-corrected chi connectivity index (χ2v) is 7.28. The number of ether oxygens (including phenoxy) is 1. The smallest absolute Gasteiger partial charge is 0.252 e. The average Bonchev–Trinajstić information content (AvgIpc) is 2.75. The first-order valence-corrected chi connectivity index (χ1v) is 8.11. The van der Waals surface area contributed by atoms with Crippen molar-refractivity contribution in [3.8, 4) is 0 Å². The molecule has 2 aliphatic heterocycles. The lowest BCUT2D eigenvalue weighted by Crippen LogP contribution is -2.52. The Labute approximate surface area is 120 Å². The summed E-state index contributed by atoms with van der Waals surface area (Å²) in [5.74, 6) is 0.00961. The van der Waals surface area contributed by atoms with Crippen LogP contribution in [0.4, 0.5) is 0 Å². The van der Waals surface area contributed by atoms with Crippen molar-refractivity contribution in [1.82, 2.24) is 4.90 Å². The van der Waals surface area contributed by atoms with E-state index in [1.165, 1.54) is 0 Å². The molecule has 0 radical (unpaired) electrons. The third kappa shape index (κ3) is 3.81. The van der Waals surface area contributed by atoms with E-state index in [0.717, 1.165) is 6.42 Å². The molecule has 19 heavy (non-hydrogen) atoms. The minimum atomic E-state index is -2.99. The number of nitrogens with zero attached hydrogens (tertiary/aromatic N) is 1. The summed E-state index contributed by atoms with van der Waals surface area (Å²) < 4.78 is 28.5. The van der Waals surface area contributed by atoms with Crippen LogP contribution in [0.3, 0.4) is 0 Å². The first-order chi connectivity index (χ1) is 8.43. The monoisotopic (exact) mass is 312 g/mol. The van der Waals surface area contributed by atoms with E-state index < -0.39 is 15.9 Å². The van der Waals surface area contributed by atoms with Gasteiger partial charge in [0.1, 0.15) is 6.10 Å². The molecule has 1 unspecified atom stereocenters. The highest BCUT2D eigenvalue weighted by Gasteiger charge is 2.38. The van der Waals surface area contributed by atoms with Gasteiger partial charge in [-0.3, -0.25) is 4.79 Å². The van der Waals surface area contributed by atoms with Gasteiger partial charge in [-0.05, 0) is 19.8 Å². The topological polar surface area (TPSA) is 89.7 Å². The summed E-state index contributed by atoms with van der Waals surface area (Å²) >= 11 is 0. The zero-order valence-electron chi connectivity index (χ0n) is 10.9. The van der Waals surface area contributed by atoms with Gasteiger partial charge in [0.05, 0.1) is 17.6 Å². The number of sulfone groups is 1. The van der Waals surface area contributed by atoms with Crippen LogP contribution in [0.1, 0.15) is 19.8 Å². The molecule has 0 spiro atoms. The first kappa shape index (κ1) is 16.7. The second-order valence-electron chi connectivity index (χ2n) is 5.05. The molecule has 2 N–H and O–H groups in total. The molecule has 112 valence electrons. The molecule has 8 heteroatoms. The van der Waals surface area contributed by atoms with Gasteiger partial charge in [0.25, 0.3) is 5.91 Å². The number of rotatable bonds is 2. The number of amides is 1. The van der Waals surface area contributed by atoms with Crippen molar-refractivity contribution in [3.05, 3.63) is 0 Å². The molecule has 0 aromatic heterocycles. The number of hydrogen-bond acceptors (Lipinski definition) is 5. The number of hydrogen-bond donors (Lipinski definition) is 1. The quantitative estimate of drug-likeness (QED) is 0.746. The highest BCUT2D eigenvalue weighted by atomic mass is 35.5. The Kier molecular flexibility index (Phi) is 5.61. The third-order valence-corrected chi connectivity index (χ3v) is 5.39. The van der Waals surface area contributed by atoms with Crippen LogP contribution in [0.5, 0.6) is 0 Å². The Hall–Kier alpha value is -0.370. The fourth-order valence-electron chi connectivity index (χ4n) is 2.57. The second kappa shape index (κ2) is 6.39. The highest BCUT2D eigenvalue weighted by molar-refractivity contribution is 7.91. The van der Waals surface area contributed by atoms with Gasteiger partial charge in [-0.1, -0.05) is 0 Å². The normalized spacial score (nSPS) is 33.8. The molecule has 1 amide bonds. The summed E-state index contributed by atoms with van der Waals surface area (Å²) in [5, 5.41) is 0. The van der Waals surface area contributed by atoms with Crippen LogP contribution in [0.15, 0.2) is 0 Å². The lowest BCUT2D eigenvalue weighted by molar-refractivity contribution is -0.144. The molecular weight excluding hydrogens is 292 g/mol. The fraction of sp³-hybridized carbons (Fsp3) is 0.909. The number of nitrogens with two attached hydrogens (primary N) is 1. The van der Waals surface area contributed by atoms with Gasteiger partial charge < -0.3 is 15.4 Å². The van der Waals surface area contributed by atoms with Crippen LogP contribution >= 0.6 is 12.4 Å². The predicted molar refractivity (Wildman–Crippen MR) is 74.0 cm³/mol. The van der Waals surface area contributed by atoms with Gasteiger partial charge in [0.2, 0.25) is 0 Å². The maximum Gasteiger partial charge on any atom is 0.252 e. The molecule has 2 heterocycles. The van der Waals surface area contributed by atoms with E-state index in [2.05, 4.69) is 0 Å². The number of carbonyl (C=O) groups excluding carboxylic acids is 1. The number of halogens is 1. The summed E-state index contributed by atoms with van der Waals surface area (Å²) in [7, 11) is -2.99. The van der Waals surface area contributed by atoms with Crippen molar-refractivity contribution in [3.63, 3.8) is 0 Å². The summed E-state index contributed by atoms with van der Waals surface area (Å²) in [5.41, 5.74) is 5.51. The van der Waals surface area contributed by atoms with Crippen LogP contribution < -0.4 is 5.73 Å². The van der Waals surface area contributed by atoms with Crippen molar-refractivity contribution in [2.24, 2.45) is 5.73 Å². The highest BCUT2D eigenvalue weighted by Crippen LogP contribution is 2.23. The van der Waals surface area contributed by atoms with Crippen molar-refractivity contribution in [1.29, 1.82) is 0 Å². The molecule has 2 rings (SSSR count). The van der Waals surface area contributed by atoms with Crippen molar-refractivity contribution in [2.75, 3.05) is 24.6 Å². The predicted octanol–water partition coefficient (Wildman–Crippen LogP) is -0.440. The van der Waals surface area contributed by atoms with Crippen molar-refractivity contribution in [2.45, 2.75) is 38.0 Å². The van der Waals surface area contributed by atoms with Crippen molar-refractivity contribution >= 4 is 28.2 Å². The van der Waals surface area contributed by atoms with Gasteiger partial charge in [-0.25, -0.2) is 8.42 Å². The Morgan fingerprint density at radius 2 is 2.11 bits per heavy atom. The summed E-state index contributed by atoms with van der Waals surface area (Å²) in [6.07, 6.45) is 0.994. The maximum atomic E-state index is 12.2. The molecular formula is C11H21ClN2O4S. The van der Waals surface area contributed by atoms with E-state index in [-0.39, 0.29) is 48.5 Å². The Morgan fingerprint density at radius 1 is 1.42 bits per heavy atom. The van der Waals surface area contributed by atoms with E-state index in [1.807, 2.05) is 0 Å². The van der Waals surface area contributed by atoms with Crippen molar-refractivity contribution < 1.29 is 17.9 Å². The number of carbonyl (C=O) groups is 1. The van der Waals surface area contributed by atoms with E-state index in [9.17, 15) is 13.2 Å². The van der Waals surface area contributed by atoms with Crippen LogP contribution in [0, 0.1) is 0 Å². The maximum absolute atomic E-state index is 12.2. The molecule has 2 fully saturated rings. The van der Waals surface area contributed by atoms with Crippen LogP contribution in [-0.4, -0.2) is 62.1 Å². The van der Waals surface area contributed by atoms with Crippen LogP contribution in [-0.2, 0) is 19.4 Å². The van der Waals surface area contributed by atoms with Gasteiger partial charge in [-0.15, -0.1) is 12.4 Å². The third-order valence-electron chi connectivity index (χ3n) is 3.60. The van der Waals surface area contributed by atoms with Crippen LogP contribution in [0.2, 0.25) is 0 Å². The summed E-state index contributed by atoms with van der Waals surface area (Å²) in [6.45, 7) is 2.47. The molecule has 3 atom stereocenters. The van der Waals surface area contributed by atoms with E-state index in [0.29, 0.717) is 13.0 Å². The Bertz CT molecular complexity index is 428. The van der Waals surface area contributed by atoms with Gasteiger partial charge in [-0.2, -0.15) is 0 Å². The SMILES string of the molecule is CC1CS(=O)(=O)CCN1C(=O)[C@@H]1CC[C@H](CN)O1.Cl. The minimum absolute atomic E-state index is 0. The van der Waals surface area contributed by atoms with Gasteiger partial charge in [0, 0.05) is 19.1 Å². The molecule has 6 nitrogen and oxygen atoms in total. The molecule has 2 aliphatic rings. The average molecular weight is 313 g/mol. The molecule has 0 aliphatic carbocycles. The zero-order valence-corrected chi connectivity index (χ0v) is 12.6. The molecule has 0 aromatic rings. The standard InChI is InChI=1S/C11H20N2O4S.ClH/c1-8-7-18(15,16)5-4-13(8)11(14)10-3-2-9(6-12)17-10;/h8-10H,2-7,12H2,1H3;1H/t8?,9-,10+;/m1./s1. The van der Waals surface area contributed by atoms with Crippen LogP contribution in [0.25, 0.3) is 0 Å². The van der Waals surface area contributed by atoms with E-state index in [4.69, 9.17) is 10.5 Å². The van der Waals surface area contributed by atoms with Gasteiger partial charge >= 0.3 is 0 Å². The molecule has 2 saturated heterocycles.